The van der Waals surface area contributed by atoms with Crippen LogP contribution in [0, 0.1) is 11.7 Å². The first-order valence-electron chi connectivity index (χ1n) is 8.20. The summed E-state index contributed by atoms with van der Waals surface area (Å²) in [5, 5.41) is 2.87. The quantitative estimate of drug-likeness (QED) is 0.818. The van der Waals surface area contributed by atoms with E-state index < -0.39 is 0 Å². The smallest absolute Gasteiger partial charge is 0.317 e. The number of amides is 2. The second-order valence-electron chi connectivity index (χ2n) is 6.11. The molecule has 1 aromatic rings. The zero-order valence-corrected chi connectivity index (χ0v) is 13.2. The van der Waals surface area contributed by atoms with Gasteiger partial charge in [-0.1, -0.05) is 12.1 Å². The number of carbonyl (C=O) groups excluding carboxylic acids is 1. The van der Waals surface area contributed by atoms with Crippen LogP contribution in [0.1, 0.15) is 24.5 Å². The molecule has 0 bridgehead atoms. The van der Waals surface area contributed by atoms with Crippen molar-refractivity contribution >= 4 is 6.03 Å². The highest BCUT2D eigenvalue weighted by Crippen LogP contribution is 2.28. The summed E-state index contributed by atoms with van der Waals surface area (Å²) in [4.78, 5) is 13.9. The van der Waals surface area contributed by atoms with Gasteiger partial charge < -0.3 is 19.7 Å². The van der Waals surface area contributed by atoms with Crippen LogP contribution in [0.25, 0.3) is 0 Å². The van der Waals surface area contributed by atoms with Gasteiger partial charge in [-0.3, -0.25) is 0 Å². The summed E-state index contributed by atoms with van der Waals surface area (Å²) in [6.45, 7) is 3.39. The number of hydrogen-bond donors (Lipinski definition) is 1. The van der Waals surface area contributed by atoms with Crippen molar-refractivity contribution in [3.05, 3.63) is 35.6 Å². The number of rotatable bonds is 6. The van der Waals surface area contributed by atoms with Gasteiger partial charge in [0.2, 0.25) is 0 Å². The summed E-state index contributed by atoms with van der Waals surface area (Å²) < 4.78 is 24.2. The summed E-state index contributed by atoms with van der Waals surface area (Å²) in [5.74, 6) is 0.465. The number of carbonyl (C=O) groups is 1. The SMILES string of the molecule is O=C(NCCOCC1CC1)N1CCO[C@H](c2ccc(F)cc2)C1. The van der Waals surface area contributed by atoms with E-state index in [0.29, 0.717) is 32.8 Å². The van der Waals surface area contributed by atoms with E-state index in [1.54, 1.807) is 17.0 Å². The fraction of sp³-hybridized carbons (Fsp3) is 0.588. The molecule has 0 spiro atoms. The van der Waals surface area contributed by atoms with Gasteiger partial charge in [-0.05, 0) is 36.5 Å². The van der Waals surface area contributed by atoms with Crippen molar-refractivity contribution in [1.82, 2.24) is 10.2 Å². The van der Waals surface area contributed by atoms with Crippen molar-refractivity contribution < 1.29 is 18.7 Å². The van der Waals surface area contributed by atoms with Gasteiger partial charge in [-0.15, -0.1) is 0 Å². The van der Waals surface area contributed by atoms with E-state index >= 15 is 0 Å². The number of ether oxygens (including phenoxy) is 2. The molecule has 2 amide bonds. The average molecular weight is 322 g/mol. The van der Waals surface area contributed by atoms with Crippen LogP contribution in [0.3, 0.4) is 0 Å². The van der Waals surface area contributed by atoms with E-state index in [1.165, 1.54) is 25.0 Å². The van der Waals surface area contributed by atoms with Gasteiger partial charge in [0.25, 0.3) is 0 Å². The highest BCUT2D eigenvalue weighted by Gasteiger charge is 2.25. The minimum atomic E-state index is -0.273. The molecule has 1 heterocycles. The van der Waals surface area contributed by atoms with Gasteiger partial charge in [0.1, 0.15) is 11.9 Å². The van der Waals surface area contributed by atoms with Crippen molar-refractivity contribution in [3.63, 3.8) is 0 Å². The number of morpholine rings is 1. The maximum atomic E-state index is 13.0. The molecule has 2 aliphatic rings. The molecule has 126 valence electrons. The summed E-state index contributed by atoms with van der Waals surface area (Å²) in [5.41, 5.74) is 0.886. The van der Waals surface area contributed by atoms with Crippen molar-refractivity contribution in [1.29, 1.82) is 0 Å². The first-order chi connectivity index (χ1) is 11.2. The number of hydrogen-bond acceptors (Lipinski definition) is 3. The zero-order valence-electron chi connectivity index (χ0n) is 13.2. The van der Waals surface area contributed by atoms with Gasteiger partial charge in [0.05, 0.1) is 19.8 Å². The van der Waals surface area contributed by atoms with Crippen LogP contribution in [0.4, 0.5) is 9.18 Å². The lowest BCUT2D eigenvalue weighted by atomic mass is 10.1. The first-order valence-corrected chi connectivity index (χ1v) is 8.20. The Bertz CT molecular complexity index is 519. The van der Waals surface area contributed by atoms with Gasteiger partial charge in [-0.25, -0.2) is 9.18 Å². The van der Waals surface area contributed by atoms with Crippen LogP contribution in [-0.2, 0) is 9.47 Å². The fourth-order valence-electron chi connectivity index (χ4n) is 2.59. The number of nitrogens with one attached hydrogen (secondary N) is 1. The molecular formula is C17H23FN2O3. The third-order valence-electron chi connectivity index (χ3n) is 4.17. The minimum Gasteiger partial charge on any atom is -0.379 e. The molecule has 1 N–H and O–H groups in total. The van der Waals surface area contributed by atoms with Crippen LogP contribution in [0.2, 0.25) is 0 Å². The number of halogens is 1. The van der Waals surface area contributed by atoms with Crippen molar-refractivity contribution in [2.75, 3.05) is 39.5 Å². The van der Waals surface area contributed by atoms with E-state index in [2.05, 4.69) is 5.32 Å². The molecule has 0 aromatic heterocycles. The molecule has 5 nitrogen and oxygen atoms in total. The van der Waals surface area contributed by atoms with E-state index in [4.69, 9.17) is 9.47 Å². The Labute approximate surface area is 135 Å². The van der Waals surface area contributed by atoms with Gasteiger partial charge in [0.15, 0.2) is 0 Å². The maximum Gasteiger partial charge on any atom is 0.317 e. The summed E-state index contributed by atoms with van der Waals surface area (Å²) in [6, 6.07) is 6.12. The van der Waals surface area contributed by atoms with E-state index in [-0.39, 0.29) is 18.0 Å². The maximum absolute atomic E-state index is 13.0. The molecule has 0 radical (unpaired) electrons. The number of benzene rings is 1. The fourth-order valence-corrected chi connectivity index (χ4v) is 2.59. The molecule has 1 aromatic carbocycles. The van der Waals surface area contributed by atoms with Gasteiger partial charge >= 0.3 is 6.03 Å². The molecule has 1 aliphatic carbocycles. The normalized spacial score (nSPS) is 21.3. The number of urea groups is 1. The lowest BCUT2D eigenvalue weighted by Gasteiger charge is -2.33. The zero-order chi connectivity index (χ0) is 16.1. The molecule has 1 saturated heterocycles. The first kappa shape index (κ1) is 16.2. The van der Waals surface area contributed by atoms with Crippen molar-refractivity contribution in [3.8, 4) is 0 Å². The molecule has 1 saturated carbocycles. The molecule has 2 fully saturated rings. The van der Waals surface area contributed by atoms with Crippen LogP contribution in [0.5, 0.6) is 0 Å². The lowest BCUT2D eigenvalue weighted by Crippen LogP contribution is -2.47. The van der Waals surface area contributed by atoms with Gasteiger partial charge in [-0.2, -0.15) is 0 Å². The van der Waals surface area contributed by atoms with E-state index in [0.717, 1.165) is 18.1 Å². The van der Waals surface area contributed by atoms with E-state index in [1.807, 2.05) is 0 Å². The topological polar surface area (TPSA) is 50.8 Å². The Hall–Kier alpha value is -1.66. The van der Waals surface area contributed by atoms with Crippen LogP contribution < -0.4 is 5.32 Å². The summed E-state index contributed by atoms with van der Waals surface area (Å²) in [7, 11) is 0. The molecule has 0 unspecified atom stereocenters. The minimum absolute atomic E-state index is 0.101. The Morgan fingerprint density at radius 1 is 1.35 bits per heavy atom. The Balaban J connectivity index is 1.41. The molecular weight excluding hydrogens is 299 g/mol. The Kier molecular flexibility index (Phi) is 5.46. The monoisotopic (exact) mass is 322 g/mol. The van der Waals surface area contributed by atoms with Gasteiger partial charge in [0, 0.05) is 19.7 Å². The van der Waals surface area contributed by atoms with Crippen molar-refractivity contribution in [2.45, 2.75) is 18.9 Å². The predicted octanol–water partition coefficient (Wildman–Crippen LogP) is 2.34. The third kappa shape index (κ3) is 4.91. The molecule has 23 heavy (non-hydrogen) atoms. The number of nitrogens with zero attached hydrogens (tertiary/aromatic N) is 1. The molecule has 3 rings (SSSR count). The van der Waals surface area contributed by atoms with Crippen molar-refractivity contribution in [2.24, 2.45) is 5.92 Å². The van der Waals surface area contributed by atoms with Crippen LogP contribution in [-0.4, -0.2) is 50.4 Å². The summed E-state index contributed by atoms with van der Waals surface area (Å²) >= 11 is 0. The van der Waals surface area contributed by atoms with E-state index in [9.17, 15) is 9.18 Å². The molecule has 6 heteroatoms. The second-order valence-corrected chi connectivity index (χ2v) is 6.11. The third-order valence-corrected chi connectivity index (χ3v) is 4.17. The second kappa shape index (κ2) is 7.75. The standard InChI is InChI=1S/C17H23FN2O3/c18-15-5-3-14(4-6-15)16-11-20(8-10-23-16)17(21)19-7-9-22-12-13-1-2-13/h3-6,13,16H,1-2,7-12H2,(H,19,21)/t16-/m0/s1. The molecule has 1 atom stereocenters. The largest absolute Gasteiger partial charge is 0.379 e. The molecule has 1 aliphatic heterocycles. The lowest BCUT2D eigenvalue weighted by molar-refractivity contribution is -0.0156. The highest BCUT2D eigenvalue weighted by atomic mass is 19.1. The van der Waals surface area contributed by atoms with Crippen LogP contribution >= 0.6 is 0 Å². The Morgan fingerprint density at radius 3 is 2.87 bits per heavy atom. The predicted molar refractivity (Wildman–Crippen MR) is 83.6 cm³/mol. The Morgan fingerprint density at radius 2 is 2.13 bits per heavy atom. The van der Waals surface area contributed by atoms with Crippen LogP contribution in [0.15, 0.2) is 24.3 Å². The highest BCUT2D eigenvalue weighted by molar-refractivity contribution is 5.74. The summed E-state index contributed by atoms with van der Waals surface area (Å²) in [6.07, 6.45) is 2.33. The average Bonchev–Trinajstić information content (AvgIpc) is 3.39.